The monoisotopic (exact) mass is 257 g/mol. The zero-order valence-electron chi connectivity index (χ0n) is 10.2. The van der Waals surface area contributed by atoms with E-state index in [-0.39, 0.29) is 17.0 Å². The Kier molecular flexibility index (Phi) is 3.87. The average Bonchev–Trinajstić information content (AvgIpc) is 2.97. The fourth-order valence-corrected chi connectivity index (χ4v) is 1.44. The van der Waals surface area contributed by atoms with Gasteiger partial charge in [-0.15, -0.1) is 0 Å². The van der Waals surface area contributed by atoms with Crippen molar-refractivity contribution in [2.45, 2.75) is 0 Å². The lowest BCUT2D eigenvalue weighted by Crippen LogP contribution is -2.05. The molecule has 0 saturated carbocycles. The molecule has 0 radical (unpaired) electrons. The molecule has 0 bridgehead atoms. The first kappa shape index (κ1) is 12.8. The first-order valence-electron chi connectivity index (χ1n) is 5.51. The number of esters is 1. The van der Waals surface area contributed by atoms with Gasteiger partial charge >= 0.3 is 5.97 Å². The molecular formula is C14H11NO4. The maximum atomic E-state index is 11.9. The van der Waals surface area contributed by atoms with Gasteiger partial charge in [0.25, 0.3) is 0 Å². The molecule has 5 nitrogen and oxygen atoms in total. The first-order valence-corrected chi connectivity index (χ1v) is 5.51. The van der Waals surface area contributed by atoms with Gasteiger partial charge in [-0.2, -0.15) is 0 Å². The van der Waals surface area contributed by atoms with Crippen molar-refractivity contribution >= 4 is 17.8 Å². The number of hydrogen-bond acceptors (Lipinski definition) is 5. The van der Waals surface area contributed by atoms with Crippen molar-refractivity contribution in [3.63, 3.8) is 0 Å². The minimum absolute atomic E-state index is 0.172. The molecule has 2 aromatic heterocycles. The third-order valence-electron chi connectivity index (χ3n) is 2.38. The molecular weight excluding hydrogens is 246 g/mol. The lowest BCUT2D eigenvalue weighted by Gasteiger charge is -2.00. The van der Waals surface area contributed by atoms with Crippen LogP contribution in [0.15, 0.2) is 47.2 Å². The van der Waals surface area contributed by atoms with Crippen molar-refractivity contribution in [3.8, 4) is 0 Å². The number of allylic oxidation sites excluding steroid dienone is 1. The van der Waals surface area contributed by atoms with Crippen LogP contribution in [-0.2, 0) is 4.74 Å². The Morgan fingerprint density at radius 1 is 1.37 bits per heavy atom. The van der Waals surface area contributed by atoms with Crippen LogP contribution in [-0.4, -0.2) is 23.8 Å². The molecule has 0 aliphatic rings. The molecule has 2 rings (SSSR count). The van der Waals surface area contributed by atoms with Gasteiger partial charge in [0, 0.05) is 6.20 Å². The second-order valence-electron chi connectivity index (χ2n) is 3.63. The van der Waals surface area contributed by atoms with Crippen LogP contribution in [0.25, 0.3) is 6.08 Å². The van der Waals surface area contributed by atoms with Gasteiger partial charge in [-0.1, -0.05) is 0 Å². The van der Waals surface area contributed by atoms with E-state index in [0.717, 1.165) is 0 Å². The molecule has 0 amide bonds. The van der Waals surface area contributed by atoms with Crippen LogP contribution < -0.4 is 0 Å². The van der Waals surface area contributed by atoms with Crippen molar-refractivity contribution in [3.05, 3.63) is 59.8 Å². The number of ether oxygens (including phenoxy) is 1. The SMILES string of the molecule is COC(=O)c1ccnc(C(=O)C=Cc2ccco2)c1. The van der Waals surface area contributed by atoms with Crippen molar-refractivity contribution < 1.29 is 18.7 Å². The standard InChI is InChI=1S/C14H11NO4/c1-18-14(17)10-6-7-15-12(9-10)13(16)5-4-11-3-2-8-19-11/h2-9H,1H3. The summed E-state index contributed by atoms with van der Waals surface area (Å²) in [5.74, 6) is -0.258. The number of nitrogens with zero attached hydrogens (tertiary/aromatic N) is 1. The highest BCUT2D eigenvalue weighted by Crippen LogP contribution is 2.07. The van der Waals surface area contributed by atoms with Gasteiger partial charge in [-0.3, -0.25) is 9.78 Å². The van der Waals surface area contributed by atoms with Gasteiger partial charge in [-0.05, 0) is 36.4 Å². The zero-order valence-corrected chi connectivity index (χ0v) is 10.2. The molecule has 0 unspecified atom stereocenters. The molecule has 0 fully saturated rings. The molecule has 0 spiro atoms. The minimum atomic E-state index is -0.508. The van der Waals surface area contributed by atoms with Crippen LogP contribution in [0, 0.1) is 0 Å². The third kappa shape index (κ3) is 3.16. The summed E-state index contributed by atoms with van der Waals surface area (Å²) in [4.78, 5) is 27.1. The molecule has 96 valence electrons. The number of aromatic nitrogens is 1. The van der Waals surface area contributed by atoms with E-state index in [9.17, 15) is 9.59 Å². The van der Waals surface area contributed by atoms with Crippen LogP contribution in [0.2, 0.25) is 0 Å². The zero-order chi connectivity index (χ0) is 13.7. The lowest BCUT2D eigenvalue weighted by atomic mass is 10.1. The molecule has 0 aliphatic carbocycles. The van der Waals surface area contributed by atoms with Gasteiger partial charge in [0.1, 0.15) is 11.5 Å². The molecule has 0 aromatic carbocycles. The summed E-state index contributed by atoms with van der Waals surface area (Å²) in [6, 6.07) is 6.32. The van der Waals surface area contributed by atoms with E-state index in [1.54, 1.807) is 12.1 Å². The summed E-state index contributed by atoms with van der Waals surface area (Å²) in [6.45, 7) is 0. The van der Waals surface area contributed by atoms with Crippen molar-refractivity contribution in [1.82, 2.24) is 4.98 Å². The Labute approximate surface area is 109 Å². The van der Waals surface area contributed by atoms with Gasteiger partial charge in [-0.25, -0.2) is 4.79 Å². The van der Waals surface area contributed by atoms with Crippen LogP contribution in [0.4, 0.5) is 0 Å². The molecule has 0 N–H and O–H groups in total. The third-order valence-corrected chi connectivity index (χ3v) is 2.38. The van der Waals surface area contributed by atoms with Gasteiger partial charge in [0.15, 0.2) is 0 Å². The Morgan fingerprint density at radius 3 is 2.89 bits per heavy atom. The number of methoxy groups -OCH3 is 1. The normalized spacial score (nSPS) is 10.6. The molecule has 2 aromatic rings. The largest absolute Gasteiger partial charge is 0.465 e. The van der Waals surface area contributed by atoms with Gasteiger partial charge < -0.3 is 9.15 Å². The first-order chi connectivity index (χ1) is 9.20. The number of hydrogen-bond donors (Lipinski definition) is 0. The smallest absolute Gasteiger partial charge is 0.337 e. The summed E-state index contributed by atoms with van der Waals surface area (Å²) in [7, 11) is 1.28. The number of carbonyl (C=O) groups excluding carboxylic acids is 2. The van der Waals surface area contributed by atoms with E-state index in [1.165, 1.54) is 43.9 Å². The van der Waals surface area contributed by atoms with E-state index in [2.05, 4.69) is 9.72 Å². The van der Waals surface area contributed by atoms with Crippen LogP contribution in [0.1, 0.15) is 26.6 Å². The van der Waals surface area contributed by atoms with Gasteiger partial charge in [0.05, 0.1) is 18.9 Å². The predicted molar refractivity (Wildman–Crippen MR) is 67.6 cm³/mol. The predicted octanol–water partition coefficient (Wildman–Crippen LogP) is 2.36. The number of rotatable bonds is 4. The summed E-state index contributed by atoms with van der Waals surface area (Å²) < 4.78 is 9.64. The molecule has 0 saturated heterocycles. The minimum Gasteiger partial charge on any atom is -0.465 e. The molecule has 0 aliphatic heterocycles. The Bertz CT molecular complexity index is 614. The number of furan rings is 1. The number of ketones is 1. The van der Waals surface area contributed by atoms with E-state index in [4.69, 9.17) is 4.42 Å². The van der Waals surface area contributed by atoms with Crippen molar-refractivity contribution in [1.29, 1.82) is 0 Å². The summed E-state index contributed by atoms with van der Waals surface area (Å²) >= 11 is 0. The lowest BCUT2D eigenvalue weighted by molar-refractivity contribution is 0.0600. The topological polar surface area (TPSA) is 69.4 Å². The van der Waals surface area contributed by atoms with E-state index in [1.807, 2.05) is 0 Å². The van der Waals surface area contributed by atoms with Crippen LogP contribution >= 0.6 is 0 Å². The maximum absolute atomic E-state index is 11.9. The quantitative estimate of drug-likeness (QED) is 0.477. The van der Waals surface area contributed by atoms with Crippen molar-refractivity contribution in [2.75, 3.05) is 7.11 Å². The maximum Gasteiger partial charge on any atom is 0.337 e. The molecule has 0 atom stereocenters. The average molecular weight is 257 g/mol. The summed E-state index contributed by atoms with van der Waals surface area (Å²) in [6.07, 6.45) is 5.78. The Morgan fingerprint density at radius 2 is 2.21 bits per heavy atom. The second kappa shape index (κ2) is 5.77. The molecule has 19 heavy (non-hydrogen) atoms. The summed E-state index contributed by atoms with van der Waals surface area (Å²) in [5.41, 5.74) is 0.456. The van der Waals surface area contributed by atoms with E-state index < -0.39 is 5.97 Å². The van der Waals surface area contributed by atoms with E-state index in [0.29, 0.717) is 5.76 Å². The fourth-order valence-electron chi connectivity index (χ4n) is 1.44. The number of pyridine rings is 1. The Hall–Kier alpha value is -2.69. The van der Waals surface area contributed by atoms with E-state index >= 15 is 0 Å². The molecule has 2 heterocycles. The Balaban J connectivity index is 2.17. The highest BCUT2D eigenvalue weighted by atomic mass is 16.5. The van der Waals surface area contributed by atoms with Crippen LogP contribution in [0.5, 0.6) is 0 Å². The summed E-state index contributed by atoms with van der Waals surface area (Å²) in [5, 5.41) is 0. The second-order valence-corrected chi connectivity index (χ2v) is 3.63. The highest BCUT2D eigenvalue weighted by Gasteiger charge is 2.10. The van der Waals surface area contributed by atoms with Gasteiger partial charge in [0.2, 0.25) is 5.78 Å². The number of carbonyl (C=O) groups is 2. The molecule has 5 heteroatoms. The fraction of sp³-hybridized carbons (Fsp3) is 0.0714. The van der Waals surface area contributed by atoms with Crippen LogP contribution in [0.3, 0.4) is 0 Å². The van der Waals surface area contributed by atoms with Crippen molar-refractivity contribution in [2.24, 2.45) is 0 Å². The highest BCUT2D eigenvalue weighted by molar-refractivity contribution is 6.06.